The maximum Gasteiger partial charge on any atom is 0.165 e. The first-order valence-electron chi connectivity index (χ1n) is 9.53. The molecule has 1 aliphatic rings. The summed E-state index contributed by atoms with van der Waals surface area (Å²) in [6, 6.07) is 5.73. The van der Waals surface area contributed by atoms with Crippen LogP contribution in [0.25, 0.3) is 33.5 Å². The third kappa shape index (κ3) is 2.87. The number of benzene rings is 2. The quantitative estimate of drug-likeness (QED) is 0.425. The van der Waals surface area contributed by atoms with Gasteiger partial charge in [-0.15, -0.1) is 0 Å². The fraction of sp³-hybridized carbons (Fsp3) is 0.238. The summed E-state index contributed by atoms with van der Waals surface area (Å²) in [4.78, 5) is 7.83. The topological polar surface area (TPSA) is 89.6 Å². The van der Waals surface area contributed by atoms with Crippen LogP contribution >= 0.6 is 0 Å². The monoisotopic (exact) mass is 395 g/mol. The molecule has 0 amide bonds. The number of hydrogen-bond donors (Lipinski definition) is 4. The van der Waals surface area contributed by atoms with Crippen LogP contribution in [0.1, 0.15) is 23.9 Å². The molecule has 0 spiro atoms. The van der Waals surface area contributed by atoms with Crippen molar-refractivity contribution >= 4 is 10.9 Å². The Hall–Kier alpha value is -3.26. The van der Waals surface area contributed by atoms with Crippen LogP contribution in [0.5, 0.6) is 5.75 Å². The third-order valence-electron chi connectivity index (χ3n) is 5.41. The Morgan fingerprint density at radius 3 is 2.79 bits per heavy atom. The summed E-state index contributed by atoms with van der Waals surface area (Å²) < 4.78 is 29.1. The Labute approximate surface area is 165 Å². The predicted octanol–water partition coefficient (Wildman–Crippen LogP) is 3.81. The average molecular weight is 395 g/mol. The maximum absolute atomic E-state index is 15.2. The molecule has 8 heteroatoms. The van der Waals surface area contributed by atoms with E-state index in [2.05, 4.69) is 25.5 Å². The van der Waals surface area contributed by atoms with Gasteiger partial charge >= 0.3 is 0 Å². The molecule has 5 rings (SSSR count). The average Bonchev–Trinajstić information content (AvgIpc) is 3.33. The van der Waals surface area contributed by atoms with Gasteiger partial charge in [-0.05, 0) is 47.4 Å². The molecule has 4 aromatic rings. The van der Waals surface area contributed by atoms with Crippen molar-refractivity contribution in [3.8, 4) is 28.4 Å². The normalized spacial score (nSPS) is 13.8. The largest absolute Gasteiger partial charge is 0.505 e. The Balaban J connectivity index is 1.64. The second kappa shape index (κ2) is 6.66. The number of H-pyrrole nitrogens is 2. The lowest BCUT2D eigenvalue weighted by atomic mass is 9.96. The first-order valence-corrected chi connectivity index (χ1v) is 9.53. The molecule has 0 unspecified atom stereocenters. The van der Waals surface area contributed by atoms with Crippen molar-refractivity contribution in [3.05, 3.63) is 52.9 Å². The van der Waals surface area contributed by atoms with Crippen LogP contribution in [0.4, 0.5) is 8.78 Å². The molecule has 0 fully saturated rings. The molecule has 148 valence electrons. The lowest BCUT2D eigenvalue weighted by Gasteiger charge is -2.10. The number of fused-ring (bicyclic) bond motifs is 2. The van der Waals surface area contributed by atoms with E-state index in [1.807, 2.05) is 6.92 Å². The molecule has 1 aliphatic heterocycles. The molecule has 0 saturated heterocycles. The number of rotatable bonds is 3. The van der Waals surface area contributed by atoms with Crippen LogP contribution < -0.4 is 5.32 Å². The van der Waals surface area contributed by atoms with Crippen LogP contribution in [0, 0.1) is 11.6 Å². The second-order valence-corrected chi connectivity index (χ2v) is 7.20. The summed E-state index contributed by atoms with van der Waals surface area (Å²) in [5.41, 5.74) is 4.67. The predicted molar refractivity (Wildman–Crippen MR) is 105 cm³/mol. The molecule has 0 bridgehead atoms. The van der Waals surface area contributed by atoms with Gasteiger partial charge in [0.1, 0.15) is 11.5 Å². The molecule has 3 heterocycles. The molecule has 2 aromatic heterocycles. The molecular formula is C21H19F2N5O. The van der Waals surface area contributed by atoms with Gasteiger partial charge in [-0.25, -0.2) is 13.8 Å². The highest BCUT2D eigenvalue weighted by Crippen LogP contribution is 2.35. The molecule has 0 saturated carbocycles. The van der Waals surface area contributed by atoms with Gasteiger partial charge in [0.05, 0.1) is 16.6 Å². The molecule has 4 N–H and O–H groups in total. The highest BCUT2D eigenvalue weighted by Gasteiger charge is 2.21. The Kier molecular flexibility index (Phi) is 4.09. The maximum atomic E-state index is 15.2. The van der Waals surface area contributed by atoms with Crippen LogP contribution in [0.15, 0.2) is 24.3 Å². The minimum Gasteiger partial charge on any atom is -0.505 e. The van der Waals surface area contributed by atoms with Crippen molar-refractivity contribution in [2.75, 3.05) is 6.54 Å². The molecule has 0 atom stereocenters. The number of nitrogens with one attached hydrogen (secondary N) is 3. The van der Waals surface area contributed by atoms with Crippen molar-refractivity contribution in [2.45, 2.75) is 26.3 Å². The van der Waals surface area contributed by atoms with Crippen molar-refractivity contribution in [1.82, 2.24) is 25.5 Å². The molecule has 6 nitrogen and oxygen atoms in total. The number of aromatic amines is 2. The first kappa shape index (κ1) is 17.8. The SMILES string of the molecule is CCc1cc(O)c(F)cc1-c1cc(F)c2c(-c3nc4c([nH]3)CCNC4)n[nH]c2c1. The minimum absolute atomic E-state index is 0.338. The van der Waals surface area contributed by atoms with Gasteiger partial charge in [0.25, 0.3) is 0 Å². The summed E-state index contributed by atoms with van der Waals surface area (Å²) in [5, 5.41) is 20.4. The van der Waals surface area contributed by atoms with Gasteiger partial charge in [0, 0.05) is 25.2 Å². The van der Waals surface area contributed by atoms with E-state index in [-0.39, 0.29) is 0 Å². The first-order chi connectivity index (χ1) is 14.0. The van der Waals surface area contributed by atoms with Crippen LogP contribution in [0.3, 0.4) is 0 Å². The molecule has 2 aromatic carbocycles. The van der Waals surface area contributed by atoms with Gasteiger partial charge in [-0.2, -0.15) is 5.10 Å². The standard InChI is InChI=1S/C21H19F2N5O/c1-2-10-7-18(29)13(22)8-12(10)11-5-14(23)19-16(6-11)27-28-20(19)21-25-15-3-4-24-9-17(15)26-21/h5-8,24,29H,2-4,9H2,1H3,(H,25,26)(H,27,28). The summed E-state index contributed by atoms with van der Waals surface area (Å²) in [5.74, 6) is -1.09. The van der Waals surface area contributed by atoms with Crippen LogP contribution in [-0.2, 0) is 19.4 Å². The number of aryl methyl sites for hydroxylation is 1. The molecule has 29 heavy (non-hydrogen) atoms. The fourth-order valence-electron chi connectivity index (χ4n) is 3.93. The van der Waals surface area contributed by atoms with Gasteiger partial charge in [0.2, 0.25) is 0 Å². The Bertz CT molecular complexity index is 1220. The zero-order valence-electron chi connectivity index (χ0n) is 15.7. The molecule has 0 aliphatic carbocycles. The summed E-state index contributed by atoms with van der Waals surface area (Å²) in [6.45, 7) is 3.44. The number of phenolic OH excluding ortho intramolecular Hbond substituents is 1. The van der Waals surface area contributed by atoms with Crippen LogP contribution in [0.2, 0.25) is 0 Å². The number of nitrogens with zero attached hydrogens (tertiary/aromatic N) is 2. The van der Waals surface area contributed by atoms with E-state index in [0.717, 1.165) is 29.9 Å². The second-order valence-electron chi connectivity index (χ2n) is 7.20. The minimum atomic E-state index is -0.738. The van der Waals surface area contributed by atoms with E-state index in [0.29, 0.717) is 46.5 Å². The van der Waals surface area contributed by atoms with E-state index < -0.39 is 17.4 Å². The Morgan fingerprint density at radius 1 is 1.14 bits per heavy atom. The van der Waals surface area contributed by atoms with E-state index in [4.69, 9.17) is 0 Å². The highest BCUT2D eigenvalue weighted by atomic mass is 19.1. The van der Waals surface area contributed by atoms with Crippen molar-refractivity contribution in [1.29, 1.82) is 0 Å². The van der Waals surface area contributed by atoms with Crippen molar-refractivity contribution in [3.63, 3.8) is 0 Å². The molecular weight excluding hydrogens is 376 g/mol. The third-order valence-corrected chi connectivity index (χ3v) is 5.41. The molecule has 0 radical (unpaired) electrons. The fourth-order valence-corrected chi connectivity index (χ4v) is 3.93. The lowest BCUT2D eigenvalue weighted by Crippen LogP contribution is -2.23. The van der Waals surface area contributed by atoms with Gasteiger partial charge < -0.3 is 15.4 Å². The van der Waals surface area contributed by atoms with Crippen molar-refractivity contribution < 1.29 is 13.9 Å². The zero-order chi connectivity index (χ0) is 20.1. The summed E-state index contributed by atoms with van der Waals surface area (Å²) in [7, 11) is 0. The number of hydrogen-bond acceptors (Lipinski definition) is 4. The smallest absolute Gasteiger partial charge is 0.165 e. The highest BCUT2D eigenvalue weighted by molar-refractivity contribution is 5.94. The summed E-state index contributed by atoms with van der Waals surface area (Å²) in [6.07, 6.45) is 1.41. The van der Waals surface area contributed by atoms with E-state index >= 15 is 4.39 Å². The van der Waals surface area contributed by atoms with Gasteiger partial charge in [-0.1, -0.05) is 6.92 Å². The van der Waals surface area contributed by atoms with Gasteiger partial charge in [-0.3, -0.25) is 5.10 Å². The number of halogens is 2. The van der Waals surface area contributed by atoms with E-state index in [1.165, 1.54) is 18.2 Å². The number of aromatic nitrogens is 4. The van der Waals surface area contributed by atoms with Crippen molar-refractivity contribution in [2.24, 2.45) is 0 Å². The number of phenols is 1. The summed E-state index contributed by atoms with van der Waals surface area (Å²) >= 11 is 0. The van der Waals surface area contributed by atoms with E-state index in [1.54, 1.807) is 6.07 Å². The Morgan fingerprint density at radius 2 is 2.00 bits per heavy atom. The zero-order valence-corrected chi connectivity index (χ0v) is 15.7. The number of aromatic hydroxyl groups is 1. The number of imidazole rings is 1. The van der Waals surface area contributed by atoms with E-state index in [9.17, 15) is 9.50 Å². The van der Waals surface area contributed by atoms with Gasteiger partial charge in [0.15, 0.2) is 17.4 Å². The van der Waals surface area contributed by atoms with Crippen LogP contribution in [-0.4, -0.2) is 31.8 Å². The lowest BCUT2D eigenvalue weighted by molar-refractivity contribution is 0.432.